The molecule has 176 valence electrons. The number of nitriles is 1. The Kier molecular flexibility index (Phi) is 7.63. The zero-order valence-electron chi connectivity index (χ0n) is 18.1. The quantitative estimate of drug-likeness (QED) is 0.490. The van der Waals surface area contributed by atoms with Gasteiger partial charge in [-0.3, -0.25) is 9.59 Å². The van der Waals surface area contributed by atoms with Crippen LogP contribution in [-0.4, -0.2) is 29.6 Å². The van der Waals surface area contributed by atoms with E-state index in [2.05, 4.69) is 10.3 Å². The van der Waals surface area contributed by atoms with Gasteiger partial charge < -0.3 is 14.6 Å². The van der Waals surface area contributed by atoms with Gasteiger partial charge >= 0.3 is 6.18 Å². The molecule has 0 radical (unpaired) electrons. The lowest BCUT2D eigenvalue weighted by atomic mass is 10.1. The molecule has 7 nitrogen and oxygen atoms in total. The minimum Gasteiger partial charge on any atom is -0.467 e. The highest BCUT2D eigenvalue weighted by Gasteiger charge is 2.35. The molecule has 2 amide bonds. The second-order valence-electron chi connectivity index (χ2n) is 7.12. The van der Waals surface area contributed by atoms with Gasteiger partial charge in [-0.15, -0.1) is 0 Å². The Hall–Kier alpha value is -3.78. The van der Waals surface area contributed by atoms with E-state index in [-0.39, 0.29) is 28.6 Å². The number of furan rings is 1. The lowest BCUT2D eigenvalue weighted by Gasteiger charge is -2.20. The number of benzene rings is 1. The number of hydrogen-bond acceptors (Lipinski definition) is 6. The van der Waals surface area contributed by atoms with E-state index in [1.807, 2.05) is 0 Å². The minimum atomic E-state index is -4.73. The largest absolute Gasteiger partial charge is 0.467 e. The number of alkyl halides is 3. The van der Waals surface area contributed by atoms with Crippen LogP contribution in [0, 0.1) is 18.3 Å². The summed E-state index contributed by atoms with van der Waals surface area (Å²) in [4.78, 5) is 30.7. The van der Waals surface area contributed by atoms with Gasteiger partial charge in [0.2, 0.25) is 5.91 Å². The van der Waals surface area contributed by atoms with Gasteiger partial charge in [-0.05, 0) is 37.3 Å². The molecule has 34 heavy (non-hydrogen) atoms. The molecule has 0 fully saturated rings. The van der Waals surface area contributed by atoms with E-state index in [0.717, 1.165) is 17.8 Å². The summed E-state index contributed by atoms with van der Waals surface area (Å²) in [5, 5.41) is 11.8. The van der Waals surface area contributed by atoms with Crippen molar-refractivity contribution < 1.29 is 27.2 Å². The summed E-state index contributed by atoms with van der Waals surface area (Å²) < 4.78 is 45.1. The third-order valence-electron chi connectivity index (χ3n) is 4.75. The summed E-state index contributed by atoms with van der Waals surface area (Å²) in [5.74, 6) is -0.650. The smallest absolute Gasteiger partial charge is 0.417 e. The molecule has 0 aliphatic rings. The number of rotatable bonds is 7. The molecule has 3 aromatic rings. The average molecular weight is 488 g/mol. The topological polar surface area (TPSA) is 99.2 Å². The Labute approximate surface area is 197 Å². The predicted molar refractivity (Wildman–Crippen MR) is 119 cm³/mol. The Bertz CT molecular complexity index is 1240. The zero-order valence-corrected chi connectivity index (χ0v) is 19.0. The van der Waals surface area contributed by atoms with Crippen molar-refractivity contribution >= 4 is 29.3 Å². The van der Waals surface area contributed by atoms with Gasteiger partial charge in [-0.2, -0.15) is 18.4 Å². The molecule has 0 atom stereocenters. The SMILES string of the molecule is Cc1cc(C(F)(F)F)c(C#N)c(SCC(=O)N(C)c2ccccc2C(=O)NCc2ccco2)n1. The van der Waals surface area contributed by atoms with Gasteiger partial charge in [0.1, 0.15) is 16.9 Å². The molecule has 0 aliphatic heterocycles. The molecule has 0 aliphatic carbocycles. The highest BCUT2D eigenvalue weighted by Crippen LogP contribution is 2.36. The number of nitrogens with one attached hydrogen (secondary N) is 1. The monoisotopic (exact) mass is 488 g/mol. The fourth-order valence-corrected chi connectivity index (χ4v) is 4.04. The van der Waals surface area contributed by atoms with Gasteiger partial charge in [0.05, 0.1) is 40.9 Å². The standard InChI is InChI=1S/C23H19F3N4O3S/c1-14-10-18(23(24,25)26)17(11-27)22(29-14)34-13-20(31)30(2)19-8-4-3-7-16(19)21(32)28-12-15-6-5-9-33-15/h3-10H,12-13H2,1-2H3,(H,28,32). The third kappa shape index (κ3) is 5.77. The first-order valence-corrected chi connectivity index (χ1v) is 10.9. The maximum Gasteiger partial charge on any atom is 0.417 e. The van der Waals surface area contributed by atoms with Crippen molar-refractivity contribution in [1.82, 2.24) is 10.3 Å². The summed E-state index contributed by atoms with van der Waals surface area (Å²) in [5.41, 5.74) is -1.09. The van der Waals surface area contributed by atoms with E-state index in [0.29, 0.717) is 11.4 Å². The molecule has 0 saturated heterocycles. The van der Waals surface area contributed by atoms with Crippen molar-refractivity contribution in [2.45, 2.75) is 24.7 Å². The number of thioether (sulfide) groups is 1. The third-order valence-corrected chi connectivity index (χ3v) is 5.71. The molecule has 0 unspecified atom stereocenters. The average Bonchev–Trinajstić information content (AvgIpc) is 3.33. The number of nitrogens with zero attached hydrogens (tertiary/aromatic N) is 3. The van der Waals surface area contributed by atoms with Crippen molar-refractivity contribution in [2.75, 3.05) is 17.7 Å². The van der Waals surface area contributed by atoms with Crippen molar-refractivity contribution in [3.63, 3.8) is 0 Å². The first-order chi connectivity index (χ1) is 16.1. The number of amides is 2. The van der Waals surface area contributed by atoms with Crippen LogP contribution < -0.4 is 10.2 Å². The number of aromatic nitrogens is 1. The number of halogens is 3. The van der Waals surface area contributed by atoms with Crippen LogP contribution in [0.2, 0.25) is 0 Å². The van der Waals surface area contributed by atoms with Gasteiger partial charge in [0.15, 0.2) is 0 Å². The van der Waals surface area contributed by atoms with E-state index in [4.69, 9.17) is 4.42 Å². The van der Waals surface area contributed by atoms with Crippen LogP contribution in [0.25, 0.3) is 0 Å². The molecular weight excluding hydrogens is 469 g/mol. The normalized spacial score (nSPS) is 11.1. The van der Waals surface area contributed by atoms with Crippen LogP contribution in [0.15, 0.2) is 58.2 Å². The van der Waals surface area contributed by atoms with Crippen LogP contribution in [0.4, 0.5) is 18.9 Å². The Morgan fingerprint density at radius 2 is 1.97 bits per heavy atom. The number of para-hydroxylation sites is 1. The molecule has 2 heterocycles. The Morgan fingerprint density at radius 1 is 1.24 bits per heavy atom. The van der Waals surface area contributed by atoms with Crippen LogP contribution in [-0.2, 0) is 17.5 Å². The maximum atomic E-state index is 13.3. The van der Waals surface area contributed by atoms with Gasteiger partial charge in [-0.25, -0.2) is 4.98 Å². The number of anilines is 1. The second-order valence-corrected chi connectivity index (χ2v) is 8.09. The number of pyridine rings is 1. The zero-order chi connectivity index (χ0) is 24.9. The number of carbonyl (C=O) groups is 2. The van der Waals surface area contributed by atoms with Crippen LogP contribution >= 0.6 is 11.8 Å². The number of aryl methyl sites for hydroxylation is 1. The molecule has 11 heteroatoms. The molecule has 1 aromatic carbocycles. The van der Waals surface area contributed by atoms with Crippen LogP contribution in [0.3, 0.4) is 0 Å². The number of hydrogen-bond donors (Lipinski definition) is 1. The molecule has 0 bridgehead atoms. The second kappa shape index (κ2) is 10.4. The van der Waals surface area contributed by atoms with Crippen molar-refractivity contribution in [2.24, 2.45) is 0 Å². The lowest BCUT2D eigenvalue weighted by molar-refractivity contribution is -0.138. The van der Waals surface area contributed by atoms with Gasteiger partial charge in [0.25, 0.3) is 5.91 Å². The minimum absolute atomic E-state index is 0.0770. The van der Waals surface area contributed by atoms with E-state index in [1.165, 1.54) is 25.1 Å². The summed E-state index contributed by atoms with van der Waals surface area (Å²) in [6, 6.07) is 12.2. The van der Waals surface area contributed by atoms with Crippen molar-refractivity contribution in [3.8, 4) is 6.07 Å². The first kappa shape index (κ1) is 24.9. The number of carbonyl (C=O) groups excluding carboxylic acids is 2. The summed E-state index contributed by atoms with van der Waals surface area (Å²) in [6.07, 6.45) is -3.24. The molecule has 0 spiro atoms. The molecule has 1 N–H and O–H groups in total. The van der Waals surface area contributed by atoms with Crippen molar-refractivity contribution in [3.05, 3.63) is 76.9 Å². The maximum absolute atomic E-state index is 13.3. The summed E-state index contributed by atoms with van der Waals surface area (Å²) in [6.45, 7) is 1.54. The Balaban J connectivity index is 1.76. The predicted octanol–water partition coefficient (Wildman–Crippen LogP) is 4.56. The van der Waals surface area contributed by atoms with E-state index in [1.54, 1.807) is 42.5 Å². The van der Waals surface area contributed by atoms with Crippen molar-refractivity contribution in [1.29, 1.82) is 5.26 Å². The van der Waals surface area contributed by atoms with Gasteiger partial charge in [-0.1, -0.05) is 23.9 Å². The fourth-order valence-electron chi connectivity index (χ4n) is 3.08. The van der Waals surface area contributed by atoms with Crippen LogP contribution in [0.5, 0.6) is 0 Å². The van der Waals surface area contributed by atoms with E-state index < -0.39 is 29.1 Å². The van der Waals surface area contributed by atoms with Crippen LogP contribution in [0.1, 0.15) is 32.9 Å². The summed E-state index contributed by atoms with van der Waals surface area (Å²) >= 11 is 0.732. The molecule has 0 saturated carbocycles. The van der Waals surface area contributed by atoms with E-state index in [9.17, 15) is 28.0 Å². The highest BCUT2D eigenvalue weighted by molar-refractivity contribution is 8.00. The molecule has 3 rings (SSSR count). The fraction of sp³-hybridized carbons (Fsp3) is 0.217. The first-order valence-electron chi connectivity index (χ1n) is 9.89. The molecular formula is C23H19F3N4O3S. The van der Waals surface area contributed by atoms with E-state index >= 15 is 0 Å². The molecule has 2 aromatic heterocycles. The van der Waals surface area contributed by atoms with Gasteiger partial charge in [0, 0.05) is 12.7 Å². The highest BCUT2D eigenvalue weighted by atomic mass is 32.2. The lowest BCUT2D eigenvalue weighted by Crippen LogP contribution is -2.31. The summed E-state index contributed by atoms with van der Waals surface area (Å²) in [7, 11) is 1.46. The Morgan fingerprint density at radius 3 is 2.62 bits per heavy atom.